The van der Waals surface area contributed by atoms with Gasteiger partial charge in [0.1, 0.15) is 0 Å². The Hall–Kier alpha value is -1.04. The predicted octanol–water partition coefficient (Wildman–Crippen LogP) is -0.384. The van der Waals surface area contributed by atoms with E-state index in [4.69, 9.17) is 15.3 Å². The normalized spacial score (nSPS) is 11.8. The number of rotatable bonds is 1. The first-order chi connectivity index (χ1) is 5.41. The Bertz CT molecular complexity index is 295. The number of aromatic nitrogens is 1. The molecular weight excluding hydrogens is 165 g/mol. The van der Waals surface area contributed by atoms with Crippen LogP contribution in [0.3, 0.4) is 0 Å². The van der Waals surface area contributed by atoms with Crippen molar-refractivity contribution in [3.05, 3.63) is 29.3 Å². The average molecular weight is 173 g/mol. The monoisotopic (exact) mass is 173 g/mol. The van der Waals surface area contributed by atoms with Crippen molar-refractivity contribution in [1.29, 1.82) is 0 Å². The zero-order chi connectivity index (χ0) is 9.35. The Morgan fingerprint density at radius 1 is 1.42 bits per heavy atom. The zero-order valence-corrected chi connectivity index (χ0v) is 6.32. The maximum absolute atomic E-state index is 12.8. The fourth-order valence-corrected chi connectivity index (χ4v) is 0.780. The summed E-state index contributed by atoms with van der Waals surface area (Å²) < 4.78 is 12.8. The molecule has 0 aliphatic heterocycles. The molecule has 0 bridgehead atoms. The van der Waals surface area contributed by atoms with Gasteiger partial charge in [0, 0.05) is 6.20 Å². The second-order valence-electron chi connectivity index (χ2n) is 2.48. The Labute approximate surface area is 67.9 Å². The maximum Gasteiger partial charge on any atom is 0.325 e. The summed E-state index contributed by atoms with van der Waals surface area (Å²) in [5.41, 5.74) is -0.270. The van der Waals surface area contributed by atoms with E-state index in [9.17, 15) is 4.39 Å². The molecule has 0 saturated carbocycles. The molecule has 1 rings (SSSR count). The number of hydrogen-bond donors (Lipinski definition) is 3. The van der Waals surface area contributed by atoms with Crippen LogP contribution in [0.2, 0.25) is 0 Å². The van der Waals surface area contributed by atoms with E-state index in [1.54, 1.807) is 6.92 Å². The first-order valence-electron chi connectivity index (χ1n) is 3.21. The van der Waals surface area contributed by atoms with Crippen LogP contribution in [0.5, 0.6) is 0 Å². The van der Waals surface area contributed by atoms with Crippen LogP contribution in [0, 0.1) is 12.7 Å². The third-order valence-corrected chi connectivity index (χ3v) is 1.30. The summed E-state index contributed by atoms with van der Waals surface area (Å²) in [6.07, 6.45) is 1.22. The molecule has 0 spiro atoms. The van der Waals surface area contributed by atoms with Crippen LogP contribution in [0.25, 0.3) is 0 Å². The molecule has 0 saturated heterocycles. The van der Waals surface area contributed by atoms with Crippen molar-refractivity contribution < 1.29 is 19.7 Å². The van der Waals surface area contributed by atoms with E-state index in [0.29, 0.717) is 5.56 Å². The molecule has 3 N–H and O–H groups in total. The molecule has 12 heavy (non-hydrogen) atoms. The first kappa shape index (κ1) is 9.05. The summed E-state index contributed by atoms with van der Waals surface area (Å²) in [6.45, 7) is 1.59. The van der Waals surface area contributed by atoms with Crippen molar-refractivity contribution in [2.75, 3.05) is 0 Å². The van der Waals surface area contributed by atoms with Crippen LogP contribution in [0.15, 0.2) is 12.3 Å². The summed E-state index contributed by atoms with van der Waals surface area (Å²) in [6, 6.07) is 1.04. The molecule has 0 unspecified atom stereocenters. The smallest absolute Gasteiger partial charge is 0.325 e. The fourth-order valence-electron chi connectivity index (χ4n) is 0.780. The van der Waals surface area contributed by atoms with Crippen molar-refractivity contribution in [3.63, 3.8) is 0 Å². The van der Waals surface area contributed by atoms with Crippen LogP contribution < -0.4 is 0 Å². The van der Waals surface area contributed by atoms with Gasteiger partial charge in [0.2, 0.25) is 0 Å². The van der Waals surface area contributed by atoms with Gasteiger partial charge in [-0.25, -0.2) is 9.37 Å². The lowest BCUT2D eigenvalue weighted by atomic mass is 10.2. The topological polar surface area (TPSA) is 73.6 Å². The Morgan fingerprint density at radius 2 is 2.00 bits per heavy atom. The quantitative estimate of drug-likeness (QED) is 0.506. The van der Waals surface area contributed by atoms with Gasteiger partial charge in [-0.05, 0) is 18.6 Å². The molecule has 0 aliphatic rings. The largest absolute Gasteiger partial charge is 0.338 e. The third-order valence-electron chi connectivity index (χ3n) is 1.30. The van der Waals surface area contributed by atoms with Gasteiger partial charge in [-0.3, -0.25) is 0 Å². The highest BCUT2D eigenvalue weighted by Gasteiger charge is 2.27. The number of halogens is 1. The third kappa shape index (κ3) is 1.76. The summed E-state index contributed by atoms with van der Waals surface area (Å²) in [4.78, 5) is 3.32. The molecule has 5 heteroatoms. The molecule has 1 heterocycles. The van der Waals surface area contributed by atoms with Gasteiger partial charge >= 0.3 is 5.97 Å². The van der Waals surface area contributed by atoms with Crippen LogP contribution in [-0.2, 0) is 5.97 Å². The SMILES string of the molecule is Cc1cnc(C(O)(O)O)c(F)c1. The molecule has 0 radical (unpaired) electrons. The minimum Gasteiger partial charge on any atom is -0.338 e. The van der Waals surface area contributed by atoms with Crippen molar-refractivity contribution >= 4 is 0 Å². The van der Waals surface area contributed by atoms with Gasteiger partial charge in [0.05, 0.1) is 0 Å². The van der Waals surface area contributed by atoms with Gasteiger partial charge in [0.15, 0.2) is 11.5 Å². The van der Waals surface area contributed by atoms with Crippen molar-refractivity contribution in [1.82, 2.24) is 4.98 Å². The van der Waals surface area contributed by atoms with Crippen molar-refractivity contribution in [2.45, 2.75) is 12.9 Å². The van der Waals surface area contributed by atoms with Crippen molar-refractivity contribution in [2.24, 2.45) is 0 Å². The summed E-state index contributed by atoms with van der Waals surface area (Å²) in [5, 5.41) is 25.7. The van der Waals surface area contributed by atoms with Crippen LogP contribution in [0.1, 0.15) is 11.3 Å². The summed E-state index contributed by atoms with van der Waals surface area (Å²) in [7, 11) is 0. The Balaban J connectivity index is 3.19. The number of aryl methyl sites for hydroxylation is 1. The number of pyridine rings is 1. The molecule has 1 aromatic rings. The van der Waals surface area contributed by atoms with Crippen LogP contribution in [-0.4, -0.2) is 20.3 Å². The molecule has 66 valence electrons. The molecule has 0 atom stereocenters. The van der Waals surface area contributed by atoms with E-state index in [-0.39, 0.29) is 0 Å². The average Bonchev–Trinajstić information content (AvgIpc) is 1.83. The highest BCUT2D eigenvalue weighted by atomic mass is 19.1. The van der Waals surface area contributed by atoms with E-state index < -0.39 is 17.5 Å². The zero-order valence-electron chi connectivity index (χ0n) is 6.32. The highest BCUT2D eigenvalue weighted by Crippen LogP contribution is 2.15. The molecule has 0 aliphatic carbocycles. The van der Waals surface area contributed by atoms with E-state index in [2.05, 4.69) is 4.98 Å². The lowest BCUT2D eigenvalue weighted by Gasteiger charge is -2.13. The first-order valence-corrected chi connectivity index (χ1v) is 3.21. The number of aliphatic hydroxyl groups is 3. The van der Waals surface area contributed by atoms with Gasteiger partial charge < -0.3 is 15.3 Å². The predicted molar refractivity (Wildman–Crippen MR) is 37.3 cm³/mol. The second-order valence-corrected chi connectivity index (χ2v) is 2.48. The minimum absolute atomic E-state index is 0.528. The summed E-state index contributed by atoms with van der Waals surface area (Å²) >= 11 is 0. The van der Waals surface area contributed by atoms with Crippen LogP contribution >= 0.6 is 0 Å². The van der Waals surface area contributed by atoms with Gasteiger partial charge in [0.25, 0.3) is 0 Å². The molecular formula is C7H8FNO3. The van der Waals surface area contributed by atoms with Gasteiger partial charge in [-0.2, -0.15) is 0 Å². The summed E-state index contributed by atoms with van der Waals surface area (Å²) in [5.74, 6) is -4.17. The molecule has 1 aromatic heterocycles. The maximum atomic E-state index is 12.8. The van der Waals surface area contributed by atoms with E-state index >= 15 is 0 Å². The van der Waals surface area contributed by atoms with E-state index in [1.807, 2.05) is 0 Å². The molecule has 4 nitrogen and oxygen atoms in total. The second kappa shape index (κ2) is 2.78. The molecule has 0 amide bonds. The highest BCUT2D eigenvalue weighted by molar-refractivity contribution is 5.16. The number of hydrogen-bond acceptors (Lipinski definition) is 4. The minimum atomic E-state index is -3.21. The molecule has 0 aromatic carbocycles. The Kier molecular flexibility index (Phi) is 2.10. The fraction of sp³-hybridized carbons (Fsp3) is 0.286. The van der Waals surface area contributed by atoms with Gasteiger partial charge in [-0.15, -0.1) is 0 Å². The van der Waals surface area contributed by atoms with Crippen molar-refractivity contribution in [3.8, 4) is 0 Å². The standard InChI is InChI=1S/C7H8FNO3/c1-4-2-5(8)6(9-3-4)7(10,11)12/h2-3,10-12H,1H3. The van der Waals surface area contributed by atoms with Gasteiger partial charge in [-0.1, -0.05) is 0 Å². The van der Waals surface area contributed by atoms with Crippen LogP contribution in [0.4, 0.5) is 4.39 Å². The van der Waals surface area contributed by atoms with E-state index in [0.717, 1.165) is 6.07 Å². The van der Waals surface area contributed by atoms with E-state index in [1.165, 1.54) is 6.20 Å². The Morgan fingerprint density at radius 3 is 2.42 bits per heavy atom. The lowest BCUT2D eigenvalue weighted by molar-refractivity contribution is -0.327. The lowest BCUT2D eigenvalue weighted by Crippen LogP contribution is -2.26. The number of nitrogens with zero attached hydrogens (tertiary/aromatic N) is 1. The molecule has 0 fully saturated rings.